The van der Waals surface area contributed by atoms with E-state index in [1.165, 1.54) is 25.4 Å². The molecule has 0 saturated heterocycles. The molecule has 0 aliphatic rings. The lowest BCUT2D eigenvalue weighted by Gasteiger charge is -2.08. The van der Waals surface area contributed by atoms with Crippen LogP contribution in [-0.2, 0) is 10.0 Å². The molecule has 0 atom stereocenters. The van der Waals surface area contributed by atoms with Crippen LogP contribution in [-0.4, -0.2) is 25.5 Å². The van der Waals surface area contributed by atoms with Crippen molar-refractivity contribution in [2.24, 2.45) is 0 Å². The molecule has 2 aromatic heterocycles. The van der Waals surface area contributed by atoms with Gasteiger partial charge in [-0.2, -0.15) is 5.26 Å². The van der Waals surface area contributed by atoms with Crippen LogP contribution in [0.1, 0.15) is 5.56 Å². The first-order valence-electron chi connectivity index (χ1n) is 7.45. The van der Waals surface area contributed by atoms with Gasteiger partial charge in [-0.25, -0.2) is 22.2 Å². The van der Waals surface area contributed by atoms with E-state index >= 15 is 0 Å². The zero-order chi connectivity index (χ0) is 19.6. The third kappa shape index (κ3) is 3.58. The first kappa shape index (κ1) is 18.3. The number of pyridine rings is 1. The van der Waals surface area contributed by atoms with E-state index in [-0.39, 0.29) is 33.3 Å². The Balaban J connectivity index is 1.96. The van der Waals surface area contributed by atoms with Crippen LogP contribution in [0.3, 0.4) is 0 Å². The molecule has 1 aromatic carbocycles. The SMILES string of the molecule is COc1nccc(F)c1-c1cc(S(=O)(=O)Nc2ccc(C#N)cc2F)c[nH]1. The van der Waals surface area contributed by atoms with Gasteiger partial charge in [0.1, 0.15) is 16.5 Å². The Morgan fingerprint density at radius 2 is 2.00 bits per heavy atom. The zero-order valence-corrected chi connectivity index (χ0v) is 14.6. The highest BCUT2D eigenvalue weighted by Crippen LogP contribution is 2.31. The summed E-state index contributed by atoms with van der Waals surface area (Å²) in [6.45, 7) is 0. The molecule has 2 heterocycles. The molecule has 138 valence electrons. The van der Waals surface area contributed by atoms with Crippen LogP contribution in [0.15, 0.2) is 47.6 Å². The number of hydrogen-bond donors (Lipinski definition) is 2. The van der Waals surface area contributed by atoms with Gasteiger partial charge in [-0.1, -0.05) is 0 Å². The molecule has 0 radical (unpaired) electrons. The van der Waals surface area contributed by atoms with Crippen LogP contribution in [0.4, 0.5) is 14.5 Å². The molecule has 0 bridgehead atoms. The van der Waals surface area contributed by atoms with Gasteiger partial charge in [0.2, 0.25) is 5.88 Å². The lowest BCUT2D eigenvalue weighted by atomic mass is 10.2. The predicted octanol–water partition coefficient (Wildman–Crippen LogP) is 3.04. The molecule has 0 aliphatic heterocycles. The number of aromatic amines is 1. The second-order valence-corrected chi connectivity index (χ2v) is 7.02. The van der Waals surface area contributed by atoms with Crippen molar-refractivity contribution in [2.75, 3.05) is 11.8 Å². The summed E-state index contributed by atoms with van der Waals surface area (Å²) in [7, 11) is -2.86. The van der Waals surface area contributed by atoms with Crippen molar-refractivity contribution in [1.82, 2.24) is 9.97 Å². The lowest BCUT2D eigenvalue weighted by Crippen LogP contribution is -2.13. The molecule has 0 saturated carbocycles. The van der Waals surface area contributed by atoms with Gasteiger partial charge in [-0.3, -0.25) is 4.72 Å². The number of H-pyrrole nitrogens is 1. The Morgan fingerprint density at radius 3 is 2.67 bits per heavy atom. The van der Waals surface area contributed by atoms with Gasteiger partial charge in [0.25, 0.3) is 10.0 Å². The van der Waals surface area contributed by atoms with Crippen molar-refractivity contribution in [3.8, 4) is 23.2 Å². The predicted molar refractivity (Wildman–Crippen MR) is 92.5 cm³/mol. The molecule has 0 aliphatic carbocycles. The van der Waals surface area contributed by atoms with Gasteiger partial charge >= 0.3 is 0 Å². The van der Waals surface area contributed by atoms with Gasteiger partial charge in [0, 0.05) is 12.4 Å². The standard InChI is InChI=1S/C17H12F2N4O3S/c1-26-17-16(12(18)4-5-21-17)15-7-11(9-22-15)27(24,25)23-14-3-2-10(8-20)6-13(14)19/h2-7,9,22-23H,1H3. The molecular weight excluding hydrogens is 378 g/mol. The highest BCUT2D eigenvalue weighted by molar-refractivity contribution is 7.92. The van der Waals surface area contributed by atoms with Gasteiger partial charge in [0.05, 0.1) is 35.7 Å². The molecule has 0 unspecified atom stereocenters. The molecule has 0 amide bonds. The fourth-order valence-corrected chi connectivity index (χ4v) is 3.42. The minimum absolute atomic E-state index is 0.0214. The maximum Gasteiger partial charge on any atom is 0.263 e. The summed E-state index contributed by atoms with van der Waals surface area (Å²) in [5, 5.41) is 8.73. The van der Waals surface area contributed by atoms with Crippen molar-refractivity contribution in [2.45, 2.75) is 4.90 Å². The number of anilines is 1. The second kappa shape index (κ2) is 7.05. The van der Waals surface area contributed by atoms with Crippen molar-refractivity contribution in [1.29, 1.82) is 5.26 Å². The van der Waals surface area contributed by atoms with Crippen LogP contribution in [0, 0.1) is 23.0 Å². The molecule has 3 rings (SSSR count). The summed E-state index contributed by atoms with van der Waals surface area (Å²) in [5.74, 6) is -1.57. The number of rotatable bonds is 5. The number of nitriles is 1. The second-order valence-electron chi connectivity index (χ2n) is 5.34. The number of nitrogens with zero attached hydrogens (tertiary/aromatic N) is 2. The van der Waals surface area contributed by atoms with E-state index in [2.05, 4.69) is 14.7 Å². The number of hydrogen-bond acceptors (Lipinski definition) is 5. The van der Waals surface area contributed by atoms with Crippen LogP contribution >= 0.6 is 0 Å². The fraction of sp³-hybridized carbons (Fsp3) is 0.0588. The topological polar surface area (TPSA) is 108 Å². The summed E-state index contributed by atoms with van der Waals surface area (Å²) >= 11 is 0. The number of aromatic nitrogens is 2. The Morgan fingerprint density at radius 1 is 1.22 bits per heavy atom. The number of halogens is 2. The fourth-order valence-electron chi connectivity index (χ4n) is 2.36. The smallest absolute Gasteiger partial charge is 0.263 e. The van der Waals surface area contributed by atoms with Gasteiger partial charge < -0.3 is 9.72 Å². The van der Waals surface area contributed by atoms with E-state index in [9.17, 15) is 17.2 Å². The Kier molecular flexibility index (Phi) is 4.79. The Bertz CT molecular complexity index is 1150. The summed E-state index contributed by atoms with van der Waals surface area (Å²) in [6.07, 6.45) is 2.35. The Labute approximate surface area is 153 Å². The van der Waals surface area contributed by atoms with Crippen molar-refractivity contribution < 1.29 is 21.9 Å². The number of methoxy groups -OCH3 is 1. The number of benzene rings is 1. The highest BCUT2D eigenvalue weighted by Gasteiger charge is 2.21. The van der Waals surface area contributed by atoms with E-state index in [0.29, 0.717) is 0 Å². The average Bonchev–Trinajstić information content (AvgIpc) is 3.13. The maximum absolute atomic E-state index is 14.1. The van der Waals surface area contributed by atoms with E-state index in [4.69, 9.17) is 10.00 Å². The van der Waals surface area contributed by atoms with Crippen LogP contribution < -0.4 is 9.46 Å². The third-order valence-corrected chi connectivity index (χ3v) is 4.98. The van der Waals surface area contributed by atoms with E-state index in [0.717, 1.165) is 24.4 Å². The first-order valence-corrected chi connectivity index (χ1v) is 8.94. The van der Waals surface area contributed by atoms with E-state index < -0.39 is 21.7 Å². The minimum Gasteiger partial charge on any atom is -0.480 e. The lowest BCUT2D eigenvalue weighted by molar-refractivity contribution is 0.396. The highest BCUT2D eigenvalue weighted by atomic mass is 32.2. The molecule has 10 heteroatoms. The monoisotopic (exact) mass is 390 g/mol. The van der Waals surface area contributed by atoms with Crippen LogP contribution in [0.2, 0.25) is 0 Å². The van der Waals surface area contributed by atoms with Gasteiger partial charge in [-0.05, 0) is 30.3 Å². The van der Waals surface area contributed by atoms with Gasteiger partial charge in [0.15, 0.2) is 0 Å². The summed E-state index contributed by atoms with van der Waals surface area (Å²) in [4.78, 5) is 6.28. The molecular formula is C17H12F2N4O3S. The third-order valence-electron chi connectivity index (χ3n) is 3.64. The molecule has 7 nitrogen and oxygen atoms in total. The molecule has 2 N–H and O–H groups in total. The zero-order valence-electron chi connectivity index (χ0n) is 13.8. The van der Waals surface area contributed by atoms with Crippen LogP contribution in [0.5, 0.6) is 5.88 Å². The van der Waals surface area contributed by atoms with E-state index in [1.54, 1.807) is 6.07 Å². The van der Waals surface area contributed by atoms with Crippen LogP contribution in [0.25, 0.3) is 11.3 Å². The van der Waals surface area contributed by atoms with E-state index in [1.807, 2.05) is 0 Å². The normalized spacial score (nSPS) is 11.0. The summed E-state index contributed by atoms with van der Waals surface area (Å²) < 4.78 is 60.1. The molecule has 3 aromatic rings. The van der Waals surface area contributed by atoms with Crippen molar-refractivity contribution >= 4 is 15.7 Å². The number of ether oxygens (including phenoxy) is 1. The largest absolute Gasteiger partial charge is 0.480 e. The number of sulfonamides is 1. The Hall–Kier alpha value is -3.45. The quantitative estimate of drug-likeness (QED) is 0.696. The molecule has 27 heavy (non-hydrogen) atoms. The number of nitrogens with one attached hydrogen (secondary N) is 2. The average molecular weight is 390 g/mol. The van der Waals surface area contributed by atoms with Crippen molar-refractivity contribution in [3.05, 3.63) is 59.9 Å². The molecule has 0 fully saturated rings. The molecule has 0 spiro atoms. The first-order chi connectivity index (χ1) is 12.9. The maximum atomic E-state index is 14.1. The van der Waals surface area contributed by atoms with Crippen molar-refractivity contribution in [3.63, 3.8) is 0 Å². The summed E-state index contributed by atoms with van der Waals surface area (Å²) in [5.41, 5.74) is -0.176. The summed E-state index contributed by atoms with van der Waals surface area (Å²) in [6, 6.07) is 7.36. The minimum atomic E-state index is -4.16. The van der Waals surface area contributed by atoms with Gasteiger partial charge in [-0.15, -0.1) is 0 Å².